The maximum Gasteiger partial charge on any atom is 1.00 e. The van der Waals surface area contributed by atoms with Crippen molar-refractivity contribution in [1.29, 1.82) is 0 Å². The van der Waals surface area contributed by atoms with E-state index in [0.29, 0.717) is 0 Å². The fourth-order valence-electron chi connectivity index (χ4n) is 0. The second-order valence-corrected chi connectivity index (χ2v) is 1.28. The average Bonchev–Trinajstić information content (AvgIpc) is 1.59. The maximum absolute atomic E-state index is 10.5. The number of carboxylic acids is 2. The van der Waals surface area contributed by atoms with E-state index < -0.39 is 18.1 Å². The van der Waals surface area contributed by atoms with Crippen LogP contribution in [-0.4, -0.2) is 18.1 Å². The summed E-state index contributed by atoms with van der Waals surface area (Å²) in [6.07, 6.45) is -5.19. The molecule has 0 amide bonds. The van der Waals surface area contributed by atoms with Gasteiger partial charge in [0.25, 0.3) is 0 Å². The first-order valence-electron chi connectivity index (χ1n) is 2.13. The van der Waals surface area contributed by atoms with Crippen molar-refractivity contribution in [2.24, 2.45) is 0 Å². The van der Waals surface area contributed by atoms with Crippen molar-refractivity contribution in [2.75, 3.05) is 0 Å². The minimum atomic E-state index is -5.19. The monoisotopic (exact) mass is 446 g/mol. The second kappa shape index (κ2) is 20.4. The Kier molecular flexibility index (Phi) is 56.7. The Morgan fingerprint density at radius 1 is 0.938 bits per heavy atom. The molecule has 0 spiro atoms. The molecule has 4 nitrogen and oxygen atoms in total. The molecule has 16 heavy (non-hydrogen) atoms. The molecule has 0 N–H and O–H groups in total. The van der Waals surface area contributed by atoms with Gasteiger partial charge in [-0.25, -0.2) is 0 Å². The van der Waals surface area contributed by atoms with Crippen LogP contribution in [0.1, 0.15) is 6.92 Å². The number of alkyl halides is 3. The Balaban J connectivity index is -0.0000000165. The molecule has 0 aromatic carbocycles. The van der Waals surface area contributed by atoms with E-state index in [9.17, 15) is 13.2 Å². The first-order valence-corrected chi connectivity index (χ1v) is 2.13. The molecule has 0 radical (unpaired) electrons. The summed E-state index contributed by atoms with van der Waals surface area (Å²) in [6, 6.07) is 0. The van der Waals surface area contributed by atoms with Gasteiger partial charge in [-0.15, -0.1) is 0 Å². The zero-order valence-electron chi connectivity index (χ0n) is 7.09. The van der Waals surface area contributed by atoms with Crippen LogP contribution in [0.15, 0.2) is 0 Å². The van der Waals surface area contributed by atoms with Gasteiger partial charge in [0, 0.05) is 5.97 Å². The second-order valence-electron chi connectivity index (χ2n) is 1.28. The number of halogens is 6. The van der Waals surface area contributed by atoms with Crippen molar-refractivity contribution in [3.63, 3.8) is 0 Å². The number of hydrogen-bond acceptors (Lipinski definition) is 4. The van der Waals surface area contributed by atoms with Crippen molar-refractivity contribution in [3.8, 4) is 0 Å². The van der Waals surface area contributed by atoms with E-state index >= 15 is 0 Å². The molecule has 0 aliphatic rings. The van der Waals surface area contributed by atoms with Crippen LogP contribution < -0.4 is 10.2 Å². The number of carboxylic acid groups (broad SMARTS) is 2. The van der Waals surface area contributed by atoms with Crippen LogP contribution in [0.25, 0.3) is 0 Å². The largest absolute Gasteiger partial charge is 1.00 e. The number of carbonyl (C=O) groups excluding carboxylic acids is 2. The van der Waals surface area contributed by atoms with Gasteiger partial charge < -0.3 is 19.8 Å². The van der Waals surface area contributed by atoms with Crippen LogP contribution >= 0.6 is 0 Å². The Labute approximate surface area is 117 Å². The molecule has 0 fully saturated rings. The molecule has 0 heterocycles. The molecule has 0 rings (SSSR count). The molecule has 0 aromatic rings. The minimum Gasteiger partial charge on any atom is -0.550 e. The van der Waals surface area contributed by atoms with Gasteiger partial charge in [-0.1, -0.05) is 0 Å². The quantitative estimate of drug-likeness (QED) is 0.335. The molecule has 0 aliphatic carbocycles. The van der Waals surface area contributed by atoms with E-state index in [1.54, 1.807) is 0 Å². The number of hydrogen-bond donors (Lipinski definition) is 0. The predicted molar refractivity (Wildman–Crippen MR) is 29.3 cm³/mol. The summed E-state index contributed by atoms with van der Waals surface area (Å²) < 4.78 is 31.5. The van der Waals surface area contributed by atoms with Crippen LogP contribution in [0.5, 0.6) is 0 Å². The third-order valence-corrected chi connectivity index (χ3v) is 0.231. The van der Waals surface area contributed by atoms with Gasteiger partial charge in [-0.05, 0) is 6.92 Å². The van der Waals surface area contributed by atoms with Crippen LogP contribution in [0, 0.1) is 0 Å². The van der Waals surface area contributed by atoms with Crippen LogP contribution in [0.2, 0.25) is 0 Å². The van der Waals surface area contributed by atoms with Gasteiger partial charge >= 0.3 is 50.9 Å². The molecule has 110 valence electrons. The summed E-state index contributed by atoms with van der Waals surface area (Å²) in [6.45, 7) is 0.972. The SMILES string of the molecule is CC(=O)[O-].F.F.F.O=C([O-])C(F)(F)F.[Ag+].[Ag+]. The molecular weight excluding hydrogens is 442 g/mol. The average molecular weight is 448 g/mol. The van der Waals surface area contributed by atoms with Crippen molar-refractivity contribution in [2.45, 2.75) is 13.1 Å². The number of aliphatic carboxylic acids is 2. The summed E-state index contributed by atoms with van der Waals surface area (Å²) in [7, 11) is 0. The van der Waals surface area contributed by atoms with Crippen molar-refractivity contribution >= 4 is 11.9 Å². The van der Waals surface area contributed by atoms with Gasteiger partial charge in [-0.2, -0.15) is 13.2 Å². The number of rotatable bonds is 0. The van der Waals surface area contributed by atoms with E-state index in [2.05, 4.69) is 0 Å². The van der Waals surface area contributed by atoms with Gasteiger partial charge in [0.05, 0.1) is 0 Å². The summed E-state index contributed by atoms with van der Waals surface area (Å²) in [5, 5.41) is 17.7. The summed E-state index contributed by atoms with van der Waals surface area (Å²) in [5.74, 6) is -4.09. The van der Waals surface area contributed by atoms with Gasteiger partial charge in [0.1, 0.15) is 5.97 Å². The maximum atomic E-state index is 10.5. The Morgan fingerprint density at radius 3 is 1.00 bits per heavy atom. The molecule has 0 saturated carbocycles. The Morgan fingerprint density at radius 2 is 1.00 bits per heavy atom. The smallest absolute Gasteiger partial charge is 0.550 e. The van der Waals surface area contributed by atoms with Gasteiger partial charge in [-0.3, -0.25) is 14.1 Å². The zero-order valence-corrected chi connectivity index (χ0v) is 10.1. The fourth-order valence-corrected chi connectivity index (χ4v) is 0. The van der Waals surface area contributed by atoms with Gasteiger partial charge in [0.15, 0.2) is 0 Å². The first-order chi connectivity index (χ1) is 4.68. The van der Waals surface area contributed by atoms with Crippen molar-refractivity contribution in [1.82, 2.24) is 0 Å². The van der Waals surface area contributed by atoms with E-state index in [1.807, 2.05) is 0 Å². The molecule has 0 atom stereocenters. The first kappa shape index (κ1) is 44.4. The summed E-state index contributed by atoms with van der Waals surface area (Å²) >= 11 is 0. The Hall–Kier alpha value is 0.000519. The molecule has 0 aliphatic heterocycles. The van der Waals surface area contributed by atoms with Gasteiger partial charge in [0.2, 0.25) is 0 Å². The molecular formula is C4H6Ag2F6O4. The molecule has 0 saturated heterocycles. The van der Waals surface area contributed by atoms with Crippen LogP contribution in [-0.2, 0) is 54.3 Å². The third-order valence-electron chi connectivity index (χ3n) is 0.231. The summed E-state index contributed by atoms with van der Waals surface area (Å²) in [4.78, 5) is 17.7. The molecule has 12 heteroatoms. The van der Waals surface area contributed by atoms with Crippen LogP contribution in [0.4, 0.5) is 27.3 Å². The Bertz CT molecular complexity index is 159. The molecule has 0 aromatic heterocycles. The van der Waals surface area contributed by atoms with E-state index in [1.165, 1.54) is 0 Å². The zero-order chi connectivity index (χ0) is 9.65. The standard InChI is InChI=1S/C2HF3O2.C2H4O2.2Ag.3FH/c3-2(4,5)1(6)7;1-2(3)4;;;;;/h(H,6,7);1H3,(H,3,4);;;3*1H/q;;2*+1;;;/p-2. The predicted octanol–water partition coefficient (Wildman–Crippen LogP) is -1.49. The normalized spacial score (nSPS) is 6.50. The van der Waals surface area contributed by atoms with Crippen molar-refractivity contribution < 1.29 is 91.8 Å². The number of carbonyl (C=O) groups is 2. The topological polar surface area (TPSA) is 80.3 Å². The minimum absolute atomic E-state index is 0. The van der Waals surface area contributed by atoms with E-state index in [-0.39, 0.29) is 58.9 Å². The molecule has 0 bridgehead atoms. The van der Waals surface area contributed by atoms with Crippen LogP contribution in [0.3, 0.4) is 0 Å². The fraction of sp³-hybridized carbons (Fsp3) is 0.500. The van der Waals surface area contributed by atoms with E-state index in [0.717, 1.165) is 6.92 Å². The van der Waals surface area contributed by atoms with Crippen molar-refractivity contribution in [3.05, 3.63) is 0 Å². The third kappa shape index (κ3) is 65.7. The summed E-state index contributed by atoms with van der Waals surface area (Å²) in [5.41, 5.74) is 0. The van der Waals surface area contributed by atoms with E-state index in [4.69, 9.17) is 19.8 Å². The molecule has 0 unspecified atom stereocenters.